The molecule has 2 atom stereocenters. The Kier molecular flexibility index (Phi) is 5.96. The zero-order valence-corrected chi connectivity index (χ0v) is 15.8. The molecule has 0 unspecified atom stereocenters. The lowest BCUT2D eigenvalue weighted by atomic mass is 10.1. The fourth-order valence-electron chi connectivity index (χ4n) is 3.42. The van der Waals surface area contributed by atoms with Crippen molar-refractivity contribution in [3.63, 3.8) is 0 Å². The maximum Gasteiger partial charge on any atom is 0.260 e. The van der Waals surface area contributed by atoms with Gasteiger partial charge in [0.05, 0.1) is 5.69 Å². The standard InChI is InChI=1S/C21H26FN3O2/c1-15-12-25(21(26)14-27-20-6-4-3-5-19(20)23)16(2)11-24(15)13-17-7-9-18(22)10-8-17/h3-10,15-16H,11-14,23H2,1-2H3/t15-,16+/m1/s1. The number of anilines is 1. The van der Waals surface area contributed by atoms with E-state index in [9.17, 15) is 9.18 Å². The second kappa shape index (κ2) is 8.39. The molecule has 2 aromatic rings. The van der Waals surface area contributed by atoms with Gasteiger partial charge >= 0.3 is 0 Å². The predicted molar refractivity (Wildman–Crippen MR) is 104 cm³/mol. The van der Waals surface area contributed by atoms with Crippen LogP contribution in [-0.2, 0) is 11.3 Å². The van der Waals surface area contributed by atoms with E-state index in [1.54, 1.807) is 12.1 Å². The Labute approximate surface area is 159 Å². The monoisotopic (exact) mass is 371 g/mol. The number of nitrogens with zero attached hydrogens (tertiary/aromatic N) is 2. The van der Waals surface area contributed by atoms with E-state index in [1.807, 2.05) is 36.1 Å². The predicted octanol–water partition coefficient (Wildman–Crippen LogP) is 2.91. The highest BCUT2D eigenvalue weighted by molar-refractivity contribution is 5.78. The summed E-state index contributed by atoms with van der Waals surface area (Å²) >= 11 is 0. The molecule has 1 heterocycles. The summed E-state index contributed by atoms with van der Waals surface area (Å²) in [6.07, 6.45) is 0. The third-order valence-electron chi connectivity index (χ3n) is 5.00. The number of nitrogen functional groups attached to an aromatic ring is 1. The van der Waals surface area contributed by atoms with Crippen molar-refractivity contribution in [2.75, 3.05) is 25.4 Å². The number of carbonyl (C=O) groups excluding carboxylic acids is 1. The second-order valence-corrected chi connectivity index (χ2v) is 7.13. The van der Waals surface area contributed by atoms with Crippen molar-refractivity contribution < 1.29 is 13.9 Å². The minimum absolute atomic E-state index is 0.0246. The molecule has 1 aliphatic heterocycles. The largest absolute Gasteiger partial charge is 0.482 e. The van der Waals surface area contributed by atoms with Gasteiger partial charge in [-0.2, -0.15) is 0 Å². The van der Waals surface area contributed by atoms with Gasteiger partial charge < -0.3 is 15.4 Å². The topological polar surface area (TPSA) is 58.8 Å². The van der Waals surface area contributed by atoms with Crippen LogP contribution in [0.3, 0.4) is 0 Å². The first kappa shape index (κ1) is 19.2. The molecule has 2 aromatic carbocycles. The van der Waals surface area contributed by atoms with Crippen LogP contribution in [-0.4, -0.2) is 47.5 Å². The number of para-hydroxylation sites is 2. The number of hydrogen-bond donors (Lipinski definition) is 1. The molecule has 144 valence electrons. The van der Waals surface area contributed by atoms with Gasteiger partial charge in [-0.05, 0) is 43.7 Å². The van der Waals surface area contributed by atoms with Crippen LogP contribution in [0.4, 0.5) is 10.1 Å². The van der Waals surface area contributed by atoms with Crippen molar-refractivity contribution in [2.24, 2.45) is 0 Å². The van der Waals surface area contributed by atoms with E-state index < -0.39 is 0 Å². The summed E-state index contributed by atoms with van der Waals surface area (Å²) in [6, 6.07) is 14.0. The lowest BCUT2D eigenvalue weighted by Gasteiger charge is -2.44. The third-order valence-corrected chi connectivity index (χ3v) is 5.00. The van der Waals surface area contributed by atoms with Gasteiger partial charge in [0.15, 0.2) is 6.61 Å². The minimum atomic E-state index is -0.227. The van der Waals surface area contributed by atoms with Gasteiger partial charge in [0.25, 0.3) is 5.91 Å². The fourth-order valence-corrected chi connectivity index (χ4v) is 3.42. The highest BCUT2D eigenvalue weighted by Gasteiger charge is 2.32. The van der Waals surface area contributed by atoms with Crippen molar-refractivity contribution in [2.45, 2.75) is 32.5 Å². The van der Waals surface area contributed by atoms with Crippen LogP contribution in [0.15, 0.2) is 48.5 Å². The molecule has 5 nitrogen and oxygen atoms in total. The Bertz CT molecular complexity index is 781. The number of ether oxygens (including phenoxy) is 1. The number of nitrogens with two attached hydrogens (primary N) is 1. The molecule has 0 aromatic heterocycles. The Morgan fingerprint density at radius 1 is 1.11 bits per heavy atom. The summed E-state index contributed by atoms with van der Waals surface area (Å²) in [5, 5.41) is 0. The number of carbonyl (C=O) groups is 1. The molecule has 1 aliphatic rings. The first-order valence-electron chi connectivity index (χ1n) is 9.19. The number of piperazine rings is 1. The number of amides is 1. The number of rotatable bonds is 5. The van der Waals surface area contributed by atoms with Gasteiger partial charge in [-0.3, -0.25) is 9.69 Å². The minimum Gasteiger partial charge on any atom is -0.482 e. The maximum atomic E-state index is 13.1. The summed E-state index contributed by atoms with van der Waals surface area (Å²) < 4.78 is 18.7. The van der Waals surface area contributed by atoms with Crippen LogP contribution in [0.5, 0.6) is 5.75 Å². The summed E-state index contributed by atoms with van der Waals surface area (Å²) in [7, 11) is 0. The molecule has 2 N–H and O–H groups in total. The van der Waals surface area contributed by atoms with Crippen molar-refractivity contribution in [1.29, 1.82) is 0 Å². The lowest BCUT2D eigenvalue weighted by Crippen LogP contribution is -2.58. The number of benzene rings is 2. The van der Waals surface area contributed by atoms with E-state index in [2.05, 4.69) is 11.8 Å². The van der Waals surface area contributed by atoms with Gasteiger partial charge in [-0.1, -0.05) is 24.3 Å². The molecule has 0 saturated carbocycles. The SMILES string of the molecule is C[C@@H]1CN(C(=O)COc2ccccc2N)[C@@H](C)CN1Cc1ccc(F)cc1. The Morgan fingerprint density at radius 3 is 2.52 bits per heavy atom. The number of halogens is 1. The molecule has 0 spiro atoms. The first-order chi connectivity index (χ1) is 12.9. The fraction of sp³-hybridized carbons (Fsp3) is 0.381. The maximum absolute atomic E-state index is 13.1. The zero-order valence-electron chi connectivity index (χ0n) is 15.8. The van der Waals surface area contributed by atoms with Crippen molar-refractivity contribution in [1.82, 2.24) is 9.80 Å². The average Bonchev–Trinajstić information content (AvgIpc) is 2.65. The second-order valence-electron chi connectivity index (χ2n) is 7.13. The lowest BCUT2D eigenvalue weighted by molar-refractivity contribution is -0.139. The van der Waals surface area contributed by atoms with E-state index in [-0.39, 0.29) is 30.4 Å². The molecular weight excluding hydrogens is 345 g/mol. The normalized spacial score (nSPS) is 20.5. The van der Waals surface area contributed by atoms with E-state index >= 15 is 0 Å². The van der Waals surface area contributed by atoms with E-state index in [0.717, 1.165) is 18.7 Å². The molecule has 1 amide bonds. The van der Waals surface area contributed by atoms with Gasteiger partial charge in [0, 0.05) is 31.7 Å². The summed E-state index contributed by atoms with van der Waals surface area (Å²) in [6.45, 7) is 6.25. The highest BCUT2D eigenvalue weighted by atomic mass is 19.1. The van der Waals surface area contributed by atoms with Crippen molar-refractivity contribution in [3.8, 4) is 5.75 Å². The molecule has 1 fully saturated rings. The summed E-state index contributed by atoms with van der Waals surface area (Å²) in [5.74, 6) is 0.259. The van der Waals surface area contributed by atoms with Gasteiger partial charge in [0.2, 0.25) is 0 Å². The third kappa shape index (κ3) is 4.77. The number of hydrogen-bond acceptors (Lipinski definition) is 4. The molecule has 3 rings (SSSR count). The van der Waals surface area contributed by atoms with Crippen LogP contribution < -0.4 is 10.5 Å². The molecular formula is C21H26FN3O2. The Morgan fingerprint density at radius 2 is 1.81 bits per heavy atom. The summed E-state index contributed by atoms with van der Waals surface area (Å²) in [4.78, 5) is 16.8. The average molecular weight is 371 g/mol. The quantitative estimate of drug-likeness (QED) is 0.821. The molecule has 27 heavy (non-hydrogen) atoms. The van der Waals surface area contributed by atoms with E-state index in [4.69, 9.17) is 10.5 Å². The zero-order chi connectivity index (χ0) is 19.4. The molecule has 1 saturated heterocycles. The van der Waals surface area contributed by atoms with Gasteiger partial charge in [0.1, 0.15) is 11.6 Å². The van der Waals surface area contributed by atoms with Crippen molar-refractivity contribution >= 4 is 11.6 Å². The van der Waals surface area contributed by atoms with E-state index in [0.29, 0.717) is 18.0 Å². The first-order valence-corrected chi connectivity index (χ1v) is 9.19. The van der Waals surface area contributed by atoms with Crippen LogP contribution in [0, 0.1) is 5.82 Å². The summed E-state index contributed by atoms with van der Waals surface area (Å²) in [5.41, 5.74) is 7.45. The Hall–Kier alpha value is -2.60. The van der Waals surface area contributed by atoms with E-state index in [1.165, 1.54) is 12.1 Å². The van der Waals surface area contributed by atoms with Gasteiger partial charge in [-0.15, -0.1) is 0 Å². The molecule has 6 heteroatoms. The van der Waals surface area contributed by atoms with Crippen molar-refractivity contribution in [3.05, 3.63) is 59.9 Å². The highest BCUT2D eigenvalue weighted by Crippen LogP contribution is 2.21. The van der Waals surface area contributed by atoms with Crippen LogP contribution in [0.2, 0.25) is 0 Å². The Balaban J connectivity index is 1.56. The van der Waals surface area contributed by atoms with Crippen LogP contribution in [0.25, 0.3) is 0 Å². The van der Waals surface area contributed by atoms with Crippen LogP contribution in [0.1, 0.15) is 19.4 Å². The molecule has 0 bridgehead atoms. The molecule has 0 aliphatic carbocycles. The van der Waals surface area contributed by atoms with Crippen LogP contribution >= 0.6 is 0 Å². The molecule has 0 radical (unpaired) electrons. The smallest absolute Gasteiger partial charge is 0.260 e. The van der Waals surface area contributed by atoms with Gasteiger partial charge in [-0.25, -0.2) is 4.39 Å².